The van der Waals surface area contributed by atoms with Crippen LogP contribution in [0.4, 0.5) is 0 Å². The molecule has 8 heteroatoms. The molecule has 1 unspecified atom stereocenters. The molecule has 0 fully saturated rings. The Kier molecular flexibility index (Phi) is 10.4. The molecular weight excluding hydrogens is 554 g/mol. The second-order valence-electron chi connectivity index (χ2n) is 9.69. The third kappa shape index (κ3) is 8.54. The maximum atomic E-state index is 13.5. The number of hydrogen-bond acceptors (Lipinski definition) is 5. The van der Waals surface area contributed by atoms with E-state index in [4.69, 9.17) is 9.84 Å². The maximum Gasteiger partial charge on any atom is 0.344 e. The van der Waals surface area contributed by atoms with Crippen molar-refractivity contribution in [2.45, 2.75) is 56.5 Å². The zero-order chi connectivity index (χ0) is 29.2. The molecule has 0 radical (unpaired) electrons. The molecule has 0 aliphatic rings. The Morgan fingerprint density at radius 3 is 1.90 bits per heavy atom. The number of sulfonamides is 1. The van der Waals surface area contributed by atoms with E-state index < -0.39 is 22.1 Å². The Bertz CT molecular complexity index is 1580. The highest BCUT2D eigenvalue weighted by Gasteiger charge is 2.26. The predicted octanol–water partition coefficient (Wildman–Crippen LogP) is 6.73. The molecule has 212 valence electrons. The third-order valence-electron chi connectivity index (χ3n) is 6.47. The number of carboxylic acid groups (broad SMARTS) is 1. The van der Waals surface area contributed by atoms with E-state index in [0.29, 0.717) is 5.75 Å². The number of aryl methyl sites for hydroxylation is 1. The summed E-state index contributed by atoms with van der Waals surface area (Å²) in [5.41, 5.74) is 4.72. The summed E-state index contributed by atoms with van der Waals surface area (Å²) in [6.45, 7) is 3.97. The van der Waals surface area contributed by atoms with Crippen molar-refractivity contribution in [3.8, 4) is 17.6 Å². The molecule has 0 amide bonds. The minimum atomic E-state index is -3.75. The lowest BCUT2D eigenvalue weighted by molar-refractivity contribution is -0.144. The van der Waals surface area contributed by atoms with Crippen LogP contribution in [-0.4, -0.2) is 29.9 Å². The normalized spacial score (nSPS) is 12.0. The first-order chi connectivity index (χ1) is 19.7. The predicted molar refractivity (Wildman–Crippen MR) is 162 cm³/mol. The Hall–Kier alpha value is -3.90. The standard InChI is InChI=1S/C33H33NO5S2/c1-3-4-6-26-8-10-27(11-9-26)12-13-28-14-16-29(17-15-28)23-34(41(37,38)32-7-5-22-40-32)24-30-18-20-31(21-19-30)39-25(2)33(35)36/h5,7-11,14-22,25H,3-4,6,23-24H2,1-2H3,(H,35,36). The van der Waals surface area contributed by atoms with Gasteiger partial charge in [-0.25, -0.2) is 13.2 Å². The molecule has 0 saturated heterocycles. The molecule has 1 aromatic heterocycles. The van der Waals surface area contributed by atoms with E-state index in [1.54, 1.807) is 41.8 Å². The van der Waals surface area contributed by atoms with Gasteiger partial charge in [-0.05, 0) is 84.3 Å². The molecule has 0 aliphatic carbocycles. The SMILES string of the molecule is CCCCc1ccc(C#Cc2ccc(CN(Cc3ccc(OC(C)C(=O)O)cc3)S(=O)(=O)c3cccs3)cc2)cc1. The fourth-order valence-electron chi connectivity index (χ4n) is 4.07. The van der Waals surface area contributed by atoms with Crippen LogP contribution in [0.25, 0.3) is 0 Å². The highest BCUT2D eigenvalue weighted by molar-refractivity contribution is 7.91. The van der Waals surface area contributed by atoms with Crippen molar-refractivity contribution < 1.29 is 23.1 Å². The summed E-state index contributed by atoms with van der Waals surface area (Å²) in [5, 5.41) is 10.8. The van der Waals surface area contributed by atoms with Crippen molar-refractivity contribution in [2.24, 2.45) is 0 Å². The van der Waals surface area contributed by atoms with Gasteiger partial charge in [0.25, 0.3) is 10.0 Å². The fraction of sp³-hybridized carbons (Fsp3) is 0.242. The minimum Gasteiger partial charge on any atom is -0.479 e. The van der Waals surface area contributed by atoms with Gasteiger partial charge in [0.15, 0.2) is 6.10 Å². The lowest BCUT2D eigenvalue weighted by Gasteiger charge is -2.22. The molecule has 41 heavy (non-hydrogen) atoms. The van der Waals surface area contributed by atoms with E-state index in [9.17, 15) is 13.2 Å². The number of nitrogens with zero attached hydrogens (tertiary/aromatic N) is 1. The second kappa shape index (κ2) is 14.1. The topological polar surface area (TPSA) is 83.9 Å². The smallest absolute Gasteiger partial charge is 0.344 e. The number of hydrogen-bond donors (Lipinski definition) is 1. The van der Waals surface area contributed by atoms with Crippen LogP contribution in [0.1, 0.15) is 54.5 Å². The number of carbonyl (C=O) groups is 1. The summed E-state index contributed by atoms with van der Waals surface area (Å²) in [6, 6.07) is 26.1. The minimum absolute atomic E-state index is 0.144. The van der Waals surface area contributed by atoms with Crippen molar-refractivity contribution >= 4 is 27.3 Å². The molecule has 1 N–H and O–H groups in total. The molecule has 4 aromatic rings. The van der Waals surface area contributed by atoms with Crippen molar-refractivity contribution in [3.05, 3.63) is 118 Å². The monoisotopic (exact) mass is 587 g/mol. The number of unbranched alkanes of at least 4 members (excludes halogenated alkanes) is 1. The average Bonchev–Trinajstić information content (AvgIpc) is 3.53. The molecule has 1 heterocycles. The van der Waals surface area contributed by atoms with Gasteiger partial charge in [-0.2, -0.15) is 4.31 Å². The van der Waals surface area contributed by atoms with E-state index in [0.717, 1.165) is 28.7 Å². The van der Waals surface area contributed by atoms with Crippen LogP contribution in [0.3, 0.4) is 0 Å². The Balaban J connectivity index is 1.48. The van der Waals surface area contributed by atoms with Crippen molar-refractivity contribution in [3.63, 3.8) is 0 Å². The van der Waals surface area contributed by atoms with Crippen molar-refractivity contribution in [1.29, 1.82) is 0 Å². The molecule has 3 aromatic carbocycles. The van der Waals surface area contributed by atoms with E-state index in [1.165, 1.54) is 41.0 Å². The van der Waals surface area contributed by atoms with Gasteiger partial charge in [0, 0.05) is 24.2 Å². The highest BCUT2D eigenvalue weighted by Crippen LogP contribution is 2.25. The fourth-order valence-corrected chi connectivity index (χ4v) is 6.63. The first kappa shape index (κ1) is 30.1. The second-order valence-corrected chi connectivity index (χ2v) is 12.8. The number of benzene rings is 3. The van der Waals surface area contributed by atoms with Crippen LogP contribution in [0.15, 0.2) is 94.5 Å². The van der Waals surface area contributed by atoms with Gasteiger partial charge in [-0.1, -0.05) is 67.6 Å². The summed E-state index contributed by atoms with van der Waals surface area (Å²) in [4.78, 5) is 11.1. The first-order valence-corrected chi connectivity index (χ1v) is 15.8. The van der Waals surface area contributed by atoms with Crippen LogP contribution < -0.4 is 4.74 Å². The average molecular weight is 588 g/mol. The Morgan fingerprint density at radius 2 is 1.41 bits per heavy atom. The van der Waals surface area contributed by atoms with Crippen molar-refractivity contribution in [2.75, 3.05) is 0 Å². The Morgan fingerprint density at radius 1 is 0.878 bits per heavy atom. The van der Waals surface area contributed by atoms with Gasteiger partial charge >= 0.3 is 5.97 Å². The highest BCUT2D eigenvalue weighted by atomic mass is 32.2. The quantitative estimate of drug-likeness (QED) is 0.186. The number of aliphatic carboxylic acids is 1. The number of rotatable bonds is 12. The van der Waals surface area contributed by atoms with Gasteiger partial charge < -0.3 is 9.84 Å². The zero-order valence-corrected chi connectivity index (χ0v) is 24.8. The lowest BCUT2D eigenvalue weighted by atomic mass is 10.1. The van der Waals surface area contributed by atoms with E-state index in [1.807, 2.05) is 36.4 Å². The summed E-state index contributed by atoms with van der Waals surface area (Å²) < 4.78 is 34.2. The van der Waals surface area contributed by atoms with Gasteiger partial charge in [0.1, 0.15) is 9.96 Å². The van der Waals surface area contributed by atoms with Crippen LogP contribution in [-0.2, 0) is 34.3 Å². The maximum absolute atomic E-state index is 13.5. The van der Waals surface area contributed by atoms with E-state index >= 15 is 0 Å². The van der Waals surface area contributed by atoms with Gasteiger partial charge in [0.05, 0.1) is 0 Å². The molecular formula is C33H33NO5S2. The van der Waals surface area contributed by atoms with Crippen LogP contribution in [0, 0.1) is 11.8 Å². The molecule has 1 atom stereocenters. The van der Waals surface area contributed by atoms with Crippen molar-refractivity contribution in [1.82, 2.24) is 4.31 Å². The summed E-state index contributed by atoms with van der Waals surface area (Å²) >= 11 is 1.18. The van der Waals surface area contributed by atoms with Gasteiger partial charge in [0.2, 0.25) is 0 Å². The molecule has 0 spiro atoms. The summed E-state index contributed by atoms with van der Waals surface area (Å²) in [7, 11) is -3.75. The number of thiophene rings is 1. The lowest BCUT2D eigenvalue weighted by Crippen LogP contribution is -2.29. The van der Waals surface area contributed by atoms with E-state index in [2.05, 4.69) is 30.9 Å². The van der Waals surface area contributed by atoms with Gasteiger partial charge in [-0.3, -0.25) is 0 Å². The number of carboxylic acids is 1. The molecule has 0 bridgehead atoms. The Labute approximate surface area is 246 Å². The molecule has 4 rings (SSSR count). The summed E-state index contributed by atoms with van der Waals surface area (Å²) in [6.07, 6.45) is 2.45. The zero-order valence-electron chi connectivity index (χ0n) is 23.1. The number of ether oxygens (including phenoxy) is 1. The molecule has 0 saturated carbocycles. The van der Waals surface area contributed by atoms with Crippen LogP contribution in [0.2, 0.25) is 0 Å². The molecule has 0 aliphatic heterocycles. The summed E-state index contributed by atoms with van der Waals surface area (Å²) in [5.74, 6) is 5.74. The van der Waals surface area contributed by atoms with Crippen LogP contribution in [0.5, 0.6) is 5.75 Å². The molecule has 6 nitrogen and oxygen atoms in total. The third-order valence-corrected chi connectivity index (χ3v) is 9.63. The largest absolute Gasteiger partial charge is 0.479 e. The van der Waals surface area contributed by atoms with E-state index in [-0.39, 0.29) is 17.3 Å². The van der Waals surface area contributed by atoms with Gasteiger partial charge in [-0.15, -0.1) is 11.3 Å². The first-order valence-electron chi connectivity index (χ1n) is 13.5. The van der Waals surface area contributed by atoms with Crippen LogP contribution >= 0.6 is 11.3 Å².